The van der Waals surface area contributed by atoms with Crippen molar-refractivity contribution < 1.29 is 4.74 Å². The molecule has 0 unspecified atom stereocenters. The van der Waals surface area contributed by atoms with Crippen LogP contribution in [-0.4, -0.2) is 21.9 Å². The molecular weight excluding hydrogens is 272 g/mol. The minimum Gasteiger partial charge on any atom is -0.497 e. The standard InChI is InChI=1S/C14H18N4OS/c1-19-10-6-7-11(15)12(9-10)20-14-17-16-13-5-3-2-4-8-18(13)14/h6-7,9H,2-5,8,15H2,1H3. The van der Waals surface area contributed by atoms with E-state index >= 15 is 0 Å². The van der Waals surface area contributed by atoms with Crippen molar-refractivity contribution in [2.75, 3.05) is 12.8 Å². The molecule has 106 valence electrons. The maximum atomic E-state index is 6.03. The lowest BCUT2D eigenvalue weighted by molar-refractivity contribution is 0.414. The average Bonchev–Trinajstić information content (AvgIpc) is 2.70. The van der Waals surface area contributed by atoms with Gasteiger partial charge in [-0.25, -0.2) is 0 Å². The zero-order chi connectivity index (χ0) is 13.9. The van der Waals surface area contributed by atoms with E-state index < -0.39 is 0 Å². The van der Waals surface area contributed by atoms with Gasteiger partial charge in [-0.2, -0.15) is 0 Å². The first-order valence-corrected chi connectivity index (χ1v) is 7.63. The van der Waals surface area contributed by atoms with E-state index in [4.69, 9.17) is 10.5 Å². The van der Waals surface area contributed by atoms with Gasteiger partial charge >= 0.3 is 0 Å². The third-order valence-electron chi connectivity index (χ3n) is 3.50. The number of nitrogens with two attached hydrogens (primary N) is 1. The van der Waals surface area contributed by atoms with E-state index in [0.717, 1.165) is 40.3 Å². The van der Waals surface area contributed by atoms with Gasteiger partial charge in [-0.15, -0.1) is 10.2 Å². The van der Waals surface area contributed by atoms with Crippen LogP contribution < -0.4 is 10.5 Å². The molecule has 1 aliphatic heterocycles. The molecule has 0 aliphatic carbocycles. The quantitative estimate of drug-likeness (QED) is 0.880. The molecule has 1 aliphatic rings. The molecule has 6 heteroatoms. The minimum atomic E-state index is 0.738. The third-order valence-corrected chi connectivity index (χ3v) is 4.56. The number of methoxy groups -OCH3 is 1. The SMILES string of the molecule is COc1ccc(N)c(Sc2nnc3n2CCCCC3)c1. The maximum Gasteiger partial charge on any atom is 0.196 e. The van der Waals surface area contributed by atoms with Crippen LogP contribution in [0.3, 0.4) is 0 Å². The van der Waals surface area contributed by atoms with Crippen molar-refractivity contribution >= 4 is 17.4 Å². The predicted octanol–water partition coefficient (Wildman–Crippen LogP) is 2.75. The summed E-state index contributed by atoms with van der Waals surface area (Å²) in [5, 5.41) is 9.53. The number of rotatable bonds is 3. The first-order chi connectivity index (χ1) is 9.78. The van der Waals surface area contributed by atoms with Crippen molar-refractivity contribution in [1.82, 2.24) is 14.8 Å². The number of hydrogen-bond donors (Lipinski definition) is 1. The van der Waals surface area contributed by atoms with Crippen LogP contribution in [0.4, 0.5) is 5.69 Å². The molecule has 0 fully saturated rings. The van der Waals surface area contributed by atoms with Gasteiger partial charge in [-0.05, 0) is 42.8 Å². The van der Waals surface area contributed by atoms with Gasteiger partial charge in [0.05, 0.1) is 7.11 Å². The summed E-state index contributed by atoms with van der Waals surface area (Å²) in [5.74, 6) is 1.89. The molecule has 0 saturated carbocycles. The number of anilines is 1. The fourth-order valence-corrected chi connectivity index (χ4v) is 3.31. The molecule has 0 saturated heterocycles. The van der Waals surface area contributed by atoms with E-state index in [0.29, 0.717) is 0 Å². The van der Waals surface area contributed by atoms with Crippen LogP contribution >= 0.6 is 11.8 Å². The van der Waals surface area contributed by atoms with Crippen molar-refractivity contribution in [3.8, 4) is 5.75 Å². The van der Waals surface area contributed by atoms with Crippen LogP contribution in [-0.2, 0) is 13.0 Å². The van der Waals surface area contributed by atoms with Gasteiger partial charge < -0.3 is 15.0 Å². The maximum absolute atomic E-state index is 6.03. The lowest BCUT2D eigenvalue weighted by Gasteiger charge is -2.09. The highest BCUT2D eigenvalue weighted by Crippen LogP contribution is 2.34. The van der Waals surface area contributed by atoms with Gasteiger partial charge in [0.15, 0.2) is 5.16 Å². The molecule has 0 atom stereocenters. The van der Waals surface area contributed by atoms with E-state index in [1.54, 1.807) is 18.9 Å². The number of nitrogen functional groups attached to an aromatic ring is 1. The predicted molar refractivity (Wildman–Crippen MR) is 79.1 cm³/mol. The second-order valence-electron chi connectivity index (χ2n) is 4.87. The summed E-state index contributed by atoms with van der Waals surface area (Å²) < 4.78 is 7.47. The lowest BCUT2D eigenvalue weighted by atomic mass is 10.2. The molecule has 5 nitrogen and oxygen atoms in total. The van der Waals surface area contributed by atoms with Crippen LogP contribution in [0.2, 0.25) is 0 Å². The van der Waals surface area contributed by atoms with Crippen LogP contribution in [0, 0.1) is 0 Å². The molecule has 0 bridgehead atoms. The molecule has 2 aromatic rings. The molecule has 2 heterocycles. The summed E-state index contributed by atoms with van der Waals surface area (Å²) in [5.41, 5.74) is 6.77. The summed E-state index contributed by atoms with van der Waals surface area (Å²) in [4.78, 5) is 0.962. The van der Waals surface area contributed by atoms with Gasteiger partial charge in [0.25, 0.3) is 0 Å². The Morgan fingerprint density at radius 2 is 2.15 bits per heavy atom. The smallest absolute Gasteiger partial charge is 0.196 e. The van der Waals surface area contributed by atoms with Gasteiger partial charge in [0.2, 0.25) is 0 Å². The largest absolute Gasteiger partial charge is 0.497 e. The van der Waals surface area contributed by atoms with Gasteiger partial charge in [-0.3, -0.25) is 0 Å². The number of benzene rings is 1. The van der Waals surface area contributed by atoms with Crippen LogP contribution in [0.15, 0.2) is 28.3 Å². The molecule has 20 heavy (non-hydrogen) atoms. The summed E-state index contributed by atoms with van der Waals surface area (Å²) >= 11 is 1.56. The average molecular weight is 290 g/mol. The van der Waals surface area contributed by atoms with Crippen LogP contribution in [0.5, 0.6) is 5.75 Å². The number of fused-ring (bicyclic) bond motifs is 1. The molecule has 2 N–H and O–H groups in total. The van der Waals surface area contributed by atoms with Gasteiger partial charge in [-0.1, -0.05) is 6.42 Å². The molecule has 1 aromatic carbocycles. The number of aromatic nitrogens is 3. The Kier molecular flexibility index (Phi) is 3.82. The zero-order valence-corrected chi connectivity index (χ0v) is 12.3. The lowest BCUT2D eigenvalue weighted by Crippen LogP contribution is -2.02. The zero-order valence-electron chi connectivity index (χ0n) is 11.5. The third kappa shape index (κ3) is 2.60. The van der Waals surface area contributed by atoms with Crippen LogP contribution in [0.25, 0.3) is 0 Å². The molecular formula is C14H18N4OS. The Morgan fingerprint density at radius 3 is 3.00 bits per heavy atom. The van der Waals surface area contributed by atoms with Crippen molar-refractivity contribution in [1.29, 1.82) is 0 Å². The normalized spacial score (nSPS) is 14.7. The van der Waals surface area contributed by atoms with E-state index in [-0.39, 0.29) is 0 Å². The Balaban J connectivity index is 1.90. The van der Waals surface area contributed by atoms with E-state index in [2.05, 4.69) is 14.8 Å². The number of aryl methyl sites for hydroxylation is 1. The fraction of sp³-hybridized carbons (Fsp3) is 0.429. The first-order valence-electron chi connectivity index (χ1n) is 6.81. The van der Waals surface area contributed by atoms with Crippen LogP contribution in [0.1, 0.15) is 25.1 Å². The van der Waals surface area contributed by atoms with Crippen molar-refractivity contribution in [2.45, 2.75) is 42.3 Å². The Morgan fingerprint density at radius 1 is 1.25 bits per heavy atom. The highest BCUT2D eigenvalue weighted by molar-refractivity contribution is 7.99. The highest BCUT2D eigenvalue weighted by atomic mass is 32.2. The van der Waals surface area contributed by atoms with E-state index in [1.165, 1.54) is 19.3 Å². The first kappa shape index (κ1) is 13.3. The molecule has 0 spiro atoms. The second-order valence-corrected chi connectivity index (χ2v) is 5.88. The Bertz CT molecular complexity index is 611. The number of ether oxygens (including phenoxy) is 1. The van der Waals surface area contributed by atoms with Crippen molar-refractivity contribution in [3.63, 3.8) is 0 Å². The second kappa shape index (κ2) is 5.75. The molecule has 0 amide bonds. The Labute approximate surface area is 122 Å². The van der Waals surface area contributed by atoms with E-state index in [1.807, 2.05) is 18.2 Å². The monoisotopic (exact) mass is 290 g/mol. The number of hydrogen-bond acceptors (Lipinski definition) is 5. The van der Waals surface area contributed by atoms with Crippen molar-refractivity contribution in [2.24, 2.45) is 0 Å². The summed E-state index contributed by atoms with van der Waals surface area (Å²) in [6.07, 6.45) is 4.66. The molecule has 0 radical (unpaired) electrons. The number of nitrogens with zero attached hydrogens (tertiary/aromatic N) is 3. The minimum absolute atomic E-state index is 0.738. The fourth-order valence-electron chi connectivity index (χ4n) is 2.36. The molecule has 3 rings (SSSR count). The summed E-state index contributed by atoms with van der Waals surface area (Å²) in [6.45, 7) is 0.995. The summed E-state index contributed by atoms with van der Waals surface area (Å²) in [6, 6.07) is 5.67. The summed E-state index contributed by atoms with van der Waals surface area (Å²) in [7, 11) is 1.66. The van der Waals surface area contributed by atoms with E-state index in [9.17, 15) is 0 Å². The van der Waals surface area contributed by atoms with Gasteiger partial charge in [0.1, 0.15) is 11.6 Å². The molecule has 1 aromatic heterocycles. The topological polar surface area (TPSA) is 66.0 Å². The highest BCUT2D eigenvalue weighted by Gasteiger charge is 2.16. The van der Waals surface area contributed by atoms with Crippen molar-refractivity contribution in [3.05, 3.63) is 24.0 Å². The van der Waals surface area contributed by atoms with Gasteiger partial charge in [0, 0.05) is 23.5 Å². The Hall–Kier alpha value is -1.69.